The largest absolute Gasteiger partial charge is 0.488 e. The highest BCUT2D eigenvalue weighted by molar-refractivity contribution is 9.10. The molecule has 0 spiro atoms. The van der Waals surface area contributed by atoms with Gasteiger partial charge >= 0.3 is 5.97 Å². The fraction of sp³-hybridized carbons (Fsp3) is 0.182. The highest BCUT2D eigenvalue weighted by Gasteiger charge is 2.07. The van der Waals surface area contributed by atoms with Crippen LogP contribution in [-0.4, -0.2) is 17.7 Å². The first-order chi connectivity index (χ1) is 7.91. The van der Waals surface area contributed by atoms with Crippen molar-refractivity contribution in [1.82, 2.24) is 0 Å². The second kappa shape index (κ2) is 6.02. The molecule has 0 fully saturated rings. The van der Waals surface area contributed by atoms with Gasteiger partial charge in [-0.1, -0.05) is 11.6 Å². The number of carboxylic acid groups (broad SMARTS) is 1. The smallest absolute Gasteiger partial charge is 0.331 e. The normalized spacial score (nSPS) is 11.4. The lowest BCUT2D eigenvalue weighted by molar-refractivity contribution is -0.132. The quantitative estimate of drug-likeness (QED) is 0.679. The summed E-state index contributed by atoms with van der Waals surface area (Å²) in [6.07, 6.45) is 1.39. The predicted octanol–water partition coefficient (Wildman–Crippen LogP) is 3.65. The number of ether oxygens (including phenoxy) is 1. The van der Waals surface area contributed by atoms with Crippen molar-refractivity contribution in [2.75, 3.05) is 6.61 Å². The van der Waals surface area contributed by atoms with Crippen molar-refractivity contribution in [3.8, 4) is 5.75 Å². The molecule has 0 bridgehead atoms. The molecular weight excluding hydrogens is 314 g/mol. The summed E-state index contributed by atoms with van der Waals surface area (Å²) in [5.41, 5.74) is 0.163. The second-order valence-corrected chi connectivity index (χ2v) is 4.46. The molecule has 0 saturated carbocycles. The number of hydrogen-bond donors (Lipinski definition) is 1. The van der Waals surface area contributed by atoms with Gasteiger partial charge in [0.25, 0.3) is 0 Å². The Bertz CT molecular complexity index is 474. The first-order valence-corrected chi connectivity index (χ1v) is 5.76. The number of halogens is 3. The molecule has 0 heterocycles. The highest BCUT2D eigenvalue weighted by Crippen LogP contribution is 2.30. The van der Waals surface area contributed by atoms with E-state index in [9.17, 15) is 9.18 Å². The topological polar surface area (TPSA) is 46.5 Å². The van der Waals surface area contributed by atoms with E-state index in [0.717, 1.165) is 6.07 Å². The molecule has 0 aliphatic carbocycles. The fourth-order valence-corrected chi connectivity index (χ4v) is 1.71. The Morgan fingerprint density at radius 2 is 2.29 bits per heavy atom. The fourth-order valence-electron chi connectivity index (χ4n) is 0.959. The SMILES string of the molecule is C/C(=C/COc1cc(F)c(Cl)cc1Br)C(=O)O. The van der Waals surface area contributed by atoms with Gasteiger partial charge < -0.3 is 9.84 Å². The summed E-state index contributed by atoms with van der Waals surface area (Å²) in [5, 5.41) is 8.59. The standard InChI is InChI=1S/C11H9BrClFO3/c1-6(11(15)16)2-3-17-10-5-9(14)8(13)4-7(10)12/h2,4-5H,3H2,1H3,(H,15,16)/b6-2-. The summed E-state index contributed by atoms with van der Waals surface area (Å²) in [6.45, 7) is 1.49. The molecule has 6 heteroatoms. The maximum Gasteiger partial charge on any atom is 0.331 e. The van der Waals surface area contributed by atoms with E-state index in [1.54, 1.807) is 0 Å². The number of benzene rings is 1. The van der Waals surface area contributed by atoms with Crippen LogP contribution in [-0.2, 0) is 4.79 Å². The third kappa shape index (κ3) is 4.02. The monoisotopic (exact) mass is 322 g/mol. The molecule has 0 aromatic heterocycles. The van der Waals surface area contributed by atoms with Gasteiger partial charge in [0.05, 0.1) is 9.50 Å². The minimum Gasteiger partial charge on any atom is -0.488 e. The van der Waals surface area contributed by atoms with E-state index in [2.05, 4.69) is 15.9 Å². The molecule has 1 aromatic carbocycles. The molecule has 0 saturated heterocycles. The van der Waals surface area contributed by atoms with Gasteiger partial charge in [0.2, 0.25) is 0 Å². The Kier molecular flexibility index (Phi) is 4.96. The van der Waals surface area contributed by atoms with Crippen molar-refractivity contribution in [2.45, 2.75) is 6.92 Å². The zero-order chi connectivity index (χ0) is 13.0. The third-order valence-electron chi connectivity index (χ3n) is 1.94. The highest BCUT2D eigenvalue weighted by atomic mass is 79.9. The Morgan fingerprint density at radius 1 is 1.65 bits per heavy atom. The van der Waals surface area contributed by atoms with Crippen LogP contribution in [0.15, 0.2) is 28.3 Å². The van der Waals surface area contributed by atoms with E-state index in [1.165, 1.54) is 19.1 Å². The molecule has 0 aliphatic heterocycles. The number of aliphatic carboxylic acids is 1. The van der Waals surface area contributed by atoms with Crippen LogP contribution in [0.1, 0.15) is 6.92 Å². The van der Waals surface area contributed by atoms with Crippen molar-refractivity contribution in [3.05, 3.63) is 39.1 Å². The van der Waals surface area contributed by atoms with Crippen LogP contribution in [0.3, 0.4) is 0 Å². The molecule has 0 unspecified atom stereocenters. The Morgan fingerprint density at radius 3 is 2.88 bits per heavy atom. The lowest BCUT2D eigenvalue weighted by Gasteiger charge is -2.07. The van der Waals surface area contributed by atoms with Crippen LogP contribution in [0.25, 0.3) is 0 Å². The molecule has 3 nitrogen and oxygen atoms in total. The van der Waals surface area contributed by atoms with Gasteiger partial charge in [-0.15, -0.1) is 0 Å². The van der Waals surface area contributed by atoms with Crippen LogP contribution < -0.4 is 4.74 Å². The summed E-state index contributed by atoms with van der Waals surface area (Å²) in [6, 6.07) is 2.51. The molecule has 0 atom stereocenters. The van der Waals surface area contributed by atoms with Gasteiger partial charge in [0.1, 0.15) is 18.2 Å². The van der Waals surface area contributed by atoms with Gasteiger partial charge in [0, 0.05) is 11.6 Å². The molecular formula is C11H9BrClFO3. The summed E-state index contributed by atoms with van der Waals surface area (Å²) >= 11 is 8.73. The minimum atomic E-state index is -1.02. The van der Waals surface area contributed by atoms with Gasteiger partial charge in [0.15, 0.2) is 0 Å². The molecule has 1 aromatic rings. The number of hydrogen-bond acceptors (Lipinski definition) is 2. The van der Waals surface area contributed by atoms with Crippen molar-refractivity contribution < 1.29 is 19.0 Å². The van der Waals surface area contributed by atoms with Crippen molar-refractivity contribution in [1.29, 1.82) is 0 Å². The van der Waals surface area contributed by atoms with E-state index in [4.69, 9.17) is 21.4 Å². The minimum absolute atomic E-state index is 0.0125. The predicted molar refractivity (Wildman–Crippen MR) is 66.0 cm³/mol. The molecule has 17 heavy (non-hydrogen) atoms. The van der Waals surface area contributed by atoms with Crippen molar-refractivity contribution >= 4 is 33.5 Å². The lowest BCUT2D eigenvalue weighted by atomic mass is 10.3. The maximum absolute atomic E-state index is 13.1. The first-order valence-electron chi connectivity index (χ1n) is 4.59. The van der Waals surface area contributed by atoms with Crippen LogP contribution >= 0.6 is 27.5 Å². The Balaban J connectivity index is 2.74. The average molecular weight is 324 g/mol. The molecule has 0 amide bonds. The van der Waals surface area contributed by atoms with E-state index >= 15 is 0 Å². The average Bonchev–Trinajstić information content (AvgIpc) is 2.25. The van der Waals surface area contributed by atoms with Gasteiger partial charge in [-0.2, -0.15) is 0 Å². The second-order valence-electron chi connectivity index (χ2n) is 3.20. The third-order valence-corrected chi connectivity index (χ3v) is 2.85. The number of rotatable bonds is 4. The Labute approximate surface area is 111 Å². The van der Waals surface area contributed by atoms with E-state index in [0.29, 0.717) is 4.47 Å². The van der Waals surface area contributed by atoms with Crippen LogP contribution in [0.4, 0.5) is 4.39 Å². The summed E-state index contributed by atoms with van der Waals surface area (Å²) < 4.78 is 18.8. The molecule has 1 N–H and O–H groups in total. The summed E-state index contributed by atoms with van der Waals surface area (Å²) in [4.78, 5) is 10.5. The lowest BCUT2D eigenvalue weighted by Crippen LogP contribution is -2.01. The van der Waals surface area contributed by atoms with E-state index in [-0.39, 0.29) is 23.0 Å². The maximum atomic E-state index is 13.1. The Hall–Kier alpha value is -1.07. The zero-order valence-corrected chi connectivity index (χ0v) is 11.2. The van der Waals surface area contributed by atoms with Crippen LogP contribution in [0, 0.1) is 5.82 Å². The summed E-state index contributed by atoms with van der Waals surface area (Å²) in [7, 11) is 0. The summed E-state index contributed by atoms with van der Waals surface area (Å²) in [5.74, 6) is -1.35. The molecule has 92 valence electrons. The molecule has 0 aliphatic rings. The van der Waals surface area contributed by atoms with Crippen molar-refractivity contribution in [2.24, 2.45) is 0 Å². The number of carboxylic acids is 1. The number of carbonyl (C=O) groups is 1. The molecule has 1 rings (SSSR count). The van der Waals surface area contributed by atoms with Gasteiger partial charge in [-0.05, 0) is 35.0 Å². The van der Waals surface area contributed by atoms with Gasteiger partial charge in [-0.3, -0.25) is 0 Å². The zero-order valence-electron chi connectivity index (χ0n) is 8.84. The molecule has 0 radical (unpaired) electrons. The van der Waals surface area contributed by atoms with Gasteiger partial charge in [-0.25, -0.2) is 9.18 Å². The van der Waals surface area contributed by atoms with Crippen LogP contribution in [0.5, 0.6) is 5.75 Å². The van der Waals surface area contributed by atoms with Crippen LogP contribution in [0.2, 0.25) is 5.02 Å². The van der Waals surface area contributed by atoms with E-state index < -0.39 is 11.8 Å². The van der Waals surface area contributed by atoms with Crippen molar-refractivity contribution in [3.63, 3.8) is 0 Å². The first kappa shape index (κ1) is 14.0. The van der Waals surface area contributed by atoms with E-state index in [1.807, 2.05) is 0 Å².